The topological polar surface area (TPSA) is 58.6 Å². The van der Waals surface area contributed by atoms with Crippen LogP contribution in [0.3, 0.4) is 0 Å². The predicted molar refractivity (Wildman–Crippen MR) is 86.1 cm³/mol. The maximum atomic E-state index is 11.5. The van der Waals surface area contributed by atoms with Crippen molar-refractivity contribution in [2.45, 2.75) is 6.04 Å². The molecule has 1 unspecified atom stereocenters. The van der Waals surface area contributed by atoms with Crippen LogP contribution in [0.15, 0.2) is 46.9 Å². The zero-order valence-electron chi connectivity index (χ0n) is 11.1. The molecule has 2 aromatic rings. The van der Waals surface area contributed by atoms with Gasteiger partial charge in [-0.25, -0.2) is 4.79 Å². The van der Waals surface area contributed by atoms with Crippen LogP contribution >= 0.6 is 27.5 Å². The van der Waals surface area contributed by atoms with Crippen molar-refractivity contribution in [1.82, 2.24) is 0 Å². The van der Waals surface area contributed by atoms with Crippen LogP contribution in [0.2, 0.25) is 5.02 Å². The number of methoxy groups -OCH3 is 1. The number of benzene rings is 2. The van der Waals surface area contributed by atoms with Crippen molar-refractivity contribution in [1.29, 1.82) is 0 Å². The lowest BCUT2D eigenvalue weighted by Crippen LogP contribution is -2.20. The third-order valence-corrected chi connectivity index (χ3v) is 4.16. The SMILES string of the molecule is COc1ccc(NC(C(=O)O)c2ccc(Br)c(Cl)c2)cc1. The Morgan fingerprint density at radius 1 is 1.29 bits per heavy atom. The van der Waals surface area contributed by atoms with Gasteiger partial charge in [0.2, 0.25) is 0 Å². The first-order chi connectivity index (χ1) is 10.0. The van der Waals surface area contributed by atoms with Crippen LogP contribution in [0.5, 0.6) is 5.75 Å². The summed E-state index contributed by atoms with van der Waals surface area (Å²) in [4.78, 5) is 11.5. The second-order valence-electron chi connectivity index (χ2n) is 4.32. The molecule has 2 aromatic carbocycles. The summed E-state index contributed by atoms with van der Waals surface area (Å²) in [6.07, 6.45) is 0. The number of carboxylic acids is 1. The first-order valence-electron chi connectivity index (χ1n) is 6.09. The lowest BCUT2D eigenvalue weighted by atomic mass is 10.1. The minimum absolute atomic E-state index is 0.468. The van der Waals surface area contributed by atoms with Gasteiger partial charge in [-0.15, -0.1) is 0 Å². The van der Waals surface area contributed by atoms with Crippen molar-refractivity contribution in [3.63, 3.8) is 0 Å². The van der Waals surface area contributed by atoms with E-state index in [0.29, 0.717) is 22.0 Å². The van der Waals surface area contributed by atoms with Gasteiger partial charge in [0.15, 0.2) is 6.04 Å². The standard InChI is InChI=1S/C15H13BrClNO3/c1-21-11-5-3-10(4-6-11)18-14(15(19)20)9-2-7-12(16)13(17)8-9/h2-8,14,18H,1H3,(H,19,20). The molecule has 0 saturated heterocycles. The molecule has 0 heterocycles. The highest BCUT2D eigenvalue weighted by atomic mass is 79.9. The van der Waals surface area contributed by atoms with Gasteiger partial charge < -0.3 is 15.2 Å². The first kappa shape index (κ1) is 15.7. The molecule has 0 fully saturated rings. The highest BCUT2D eigenvalue weighted by Crippen LogP contribution is 2.28. The summed E-state index contributed by atoms with van der Waals surface area (Å²) in [5.74, 6) is -0.275. The maximum absolute atomic E-state index is 11.5. The van der Waals surface area contributed by atoms with Crippen molar-refractivity contribution in [3.8, 4) is 5.75 Å². The van der Waals surface area contributed by atoms with Gasteiger partial charge in [-0.05, 0) is 57.9 Å². The maximum Gasteiger partial charge on any atom is 0.330 e. The van der Waals surface area contributed by atoms with Gasteiger partial charge in [0.05, 0.1) is 12.1 Å². The molecular weight excluding hydrogens is 358 g/mol. The molecule has 0 spiro atoms. The molecule has 0 aliphatic rings. The molecule has 0 aliphatic heterocycles. The molecule has 21 heavy (non-hydrogen) atoms. The summed E-state index contributed by atoms with van der Waals surface area (Å²) in [7, 11) is 1.58. The molecular formula is C15H13BrClNO3. The number of halogens is 2. The monoisotopic (exact) mass is 369 g/mol. The van der Waals surface area contributed by atoms with Crippen molar-refractivity contribution in [3.05, 3.63) is 57.5 Å². The summed E-state index contributed by atoms with van der Waals surface area (Å²) < 4.78 is 5.79. The highest BCUT2D eigenvalue weighted by molar-refractivity contribution is 9.10. The lowest BCUT2D eigenvalue weighted by molar-refractivity contribution is -0.138. The van der Waals surface area contributed by atoms with Crippen LogP contribution < -0.4 is 10.1 Å². The van der Waals surface area contributed by atoms with Crippen molar-refractivity contribution >= 4 is 39.2 Å². The molecule has 110 valence electrons. The molecule has 1 atom stereocenters. The van der Waals surface area contributed by atoms with Crippen LogP contribution in [0, 0.1) is 0 Å². The van der Waals surface area contributed by atoms with E-state index in [1.807, 2.05) is 0 Å². The summed E-state index contributed by atoms with van der Waals surface area (Å²) in [6.45, 7) is 0. The Bertz CT molecular complexity index is 646. The highest BCUT2D eigenvalue weighted by Gasteiger charge is 2.20. The number of anilines is 1. The van der Waals surface area contributed by atoms with Gasteiger partial charge in [0.1, 0.15) is 5.75 Å². The lowest BCUT2D eigenvalue weighted by Gasteiger charge is -2.17. The molecule has 0 bridgehead atoms. The third-order valence-electron chi connectivity index (χ3n) is 2.92. The quantitative estimate of drug-likeness (QED) is 0.821. The van der Waals surface area contributed by atoms with E-state index in [-0.39, 0.29) is 0 Å². The Morgan fingerprint density at radius 3 is 2.48 bits per heavy atom. The third kappa shape index (κ3) is 3.89. The largest absolute Gasteiger partial charge is 0.497 e. The predicted octanol–water partition coefficient (Wildman–Crippen LogP) is 4.35. The number of hydrogen-bond acceptors (Lipinski definition) is 3. The molecule has 0 aliphatic carbocycles. The van der Waals surface area contributed by atoms with Crippen molar-refractivity contribution in [2.24, 2.45) is 0 Å². The Balaban J connectivity index is 2.26. The number of hydrogen-bond donors (Lipinski definition) is 2. The zero-order valence-corrected chi connectivity index (χ0v) is 13.5. The summed E-state index contributed by atoms with van der Waals surface area (Å²) >= 11 is 9.31. The molecule has 0 amide bonds. The zero-order chi connectivity index (χ0) is 15.4. The normalized spacial score (nSPS) is 11.8. The van der Waals surface area contributed by atoms with Crippen molar-refractivity contribution < 1.29 is 14.6 Å². The number of nitrogens with one attached hydrogen (secondary N) is 1. The summed E-state index contributed by atoms with van der Waals surface area (Å²) in [5.41, 5.74) is 1.26. The van der Waals surface area contributed by atoms with E-state index >= 15 is 0 Å². The fraction of sp³-hybridized carbons (Fsp3) is 0.133. The van der Waals surface area contributed by atoms with E-state index in [1.165, 1.54) is 0 Å². The molecule has 2 N–H and O–H groups in total. The molecule has 4 nitrogen and oxygen atoms in total. The van der Waals surface area contributed by atoms with Gasteiger partial charge in [0.25, 0.3) is 0 Å². The second-order valence-corrected chi connectivity index (χ2v) is 5.58. The second kappa shape index (κ2) is 6.83. The van der Waals surface area contributed by atoms with Crippen LogP contribution in [0.1, 0.15) is 11.6 Å². The smallest absolute Gasteiger partial charge is 0.330 e. The average Bonchev–Trinajstić information content (AvgIpc) is 2.48. The van der Waals surface area contributed by atoms with Crippen LogP contribution in [-0.2, 0) is 4.79 Å². The molecule has 2 rings (SSSR count). The molecule has 0 saturated carbocycles. The number of rotatable bonds is 5. The van der Waals surface area contributed by atoms with Gasteiger partial charge in [-0.2, -0.15) is 0 Å². The van der Waals surface area contributed by atoms with Crippen LogP contribution in [-0.4, -0.2) is 18.2 Å². The minimum atomic E-state index is -0.982. The summed E-state index contributed by atoms with van der Waals surface area (Å²) in [6, 6.07) is 11.2. The first-order valence-corrected chi connectivity index (χ1v) is 7.26. The number of ether oxygens (including phenoxy) is 1. The fourth-order valence-corrected chi connectivity index (χ4v) is 2.27. The fourth-order valence-electron chi connectivity index (χ4n) is 1.83. The Kier molecular flexibility index (Phi) is 5.09. The Labute approximate surface area is 135 Å². The van der Waals surface area contributed by atoms with Gasteiger partial charge >= 0.3 is 5.97 Å². The van der Waals surface area contributed by atoms with Gasteiger partial charge in [-0.3, -0.25) is 0 Å². The van der Waals surface area contributed by atoms with E-state index in [1.54, 1.807) is 49.6 Å². The Morgan fingerprint density at radius 2 is 1.95 bits per heavy atom. The van der Waals surface area contributed by atoms with E-state index in [2.05, 4.69) is 21.2 Å². The number of aliphatic carboxylic acids is 1. The minimum Gasteiger partial charge on any atom is -0.497 e. The van der Waals surface area contributed by atoms with Gasteiger partial charge in [0, 0.05) is 10.2 Å². The molecule has 0 radical (unpaired) electrons. The van der Waals surface area contributed by atoms with E-state index in [4.69, 9.17) is 16.3 Å². The van der Waals surface area contributed by atoms with Crippen LogP contribution in [0.25, 0.3) is 0 Å². The molecule has 6 heteroatoms. The number of carboxylic acid groups (broad SMARTS) is 1. The van der Waals surface area contributed by atoms with E-state index in [9.17, 15) is 9.90 Å². The van der Waals surface area contributed by atoms with E-state index in [0.717, 1.165) is 4.47 Å². The average molecular weight is 371 g/mol. The molecule has 0 aromatic heterocycles. The van der Waals surface area contributed by atoms with Gasteiger partial charge in [-0.1, -0.05) is 17.7 Å². The van der Waals surface area contributed by atoms with Crippen LogP contribution in [0.4, 0.5) is 5.69 Å². The van der Waals surface area contributed by atoms with E-state index < -0.39 is 12.0 Å². The summed E-state index contributed by atoms with van der Waals surface area (Å²) in [5, 5.41) is 12.8. The van der Waals surface area contributed by atoms with Crippen molar-refractivity contribution in [2.75, 3.05) is 12.4 Å². The Hall–Kier alpha value is -1.72. The number of carbonyl (C=O) groups is 1.